The second-order valence-corrected chi connectivity index (χ2v) is 6.61. The molecule has 100 valence electrons. The zero-order valence-corrected chi connectivity index (χ0v) is 12.4. The van der Waals surface area contributed by atoms with Crippen LogP contribution in [0.25, 0.3) is 0 Å². The number of likely N-dealkylation sites (N-methyl/N-ethyl adjacent to an activating group) is 1. The van der Waals surface area contributed by atoms with Gasteiger partial charge in [-0.2, -0.15) is 4.31 Å². The molecule has 0 fully saturated rings. The number of sulfonamides is 1. The Morgan fingerprint density at radius 2 is 1.94 bits per heavy atom. The third-order valence-corrected chi connectivity index (χ3v) is 4.85. The maximum absolute atomic E-state index is 12.4. The second kappa shape index (κ2) is 5.77. The fraction of sp³-hybridized carbons (Fsp3) is 0.417. The zero-order chi connectivity index (χ0) is 13.9. The summed E-state index contributed by atoms with van der Waals surface area (Å²) in [5.74, 6) is 0. The number of aryl methyl sites for hydroxylation is 2. The summed E-state index contributed by atoms with van der Waals surface area (Å²) in [4.78, 5) is 0.452. The SMILES string of the molecule is CCN(CC(N)=S)S(=O)(=O)c1ccc(C)c(C)c1. The van der Waals surface area contributed by atoms with E-state index in [0.717, 1.165) is 11.1 Å². The Labute approximate surface area is 114 Å². The minimum Gasteiger partial charge on any atom is -0.392 e. The monoisotopic (exact) mass is 286 g/mol. The van der Waals surface area contributed by atoms with Crippen LogP contribution in [0.1, 0.15) is 18.1 Å². The average molecular weight is 286 g/mol. The number of nitrogens with zero attached hydrogens (tertiary/aromatic N) is 1. The average Bonchev–Trinajstić information content (AvgIpc) is 2.28. The molecule has 1 aromatic carbocycles. The number of benzene rings is 1. The van der Waals surface area contributed by atoms with Crippen LogP contribution in [0.15, 0.2) is 23.1 Å². The predicted octanol–water partition coefficient (Wildman–Crippen LogP) is 1.60. The van der Waals surface area contributed by atoms with Gasteiger partial charge in [-0.15, -0.1) is 0 Å². The topological polar surface area (TPSA) is 63.4 Å². The van der Waals surface area contributed by atoms with Crippen LogP contribution in [-0.2, 0) is 10.0 Å². The minimum absolute atomic E-state index is 0.0705. The van der Waals surface area contributed by atoms with Crippen molar-refractivity contribution in [2.45, 2.75) is 25.7 Å². The predicted molar refractivity (Wildman–Crippen MR) is 77.1 cm³/mol. The van der Waals surface area contributed by atoms with Gasteiger partial charge in [-0.25, -0.2) is 8.42 Å². The lowest BCUT2D eigenvalue weighted by Gasteiger charge is -2.20. The molecule has 0 aliphatic heterocycles. The van der Waals surface area contributed by atoms with Crippen molar-refractivity contribution < 1.29 is 8.42 Å². The lowest BCUT2D eigenvalue weighted by Crippen LogP contribution is -2.37. The maximum atomic E-state index is 12.4. The Bertz CT molecular complexity index is 553. The molecule has 0 heterocycles. The lowest BCUT2D eigenvalue weighted by atomic mass is 10.1. The maximum Gasteiger partial charge on any atom is 0.243 e. The Kier molecular flexibility index (Phi) is 4.84. The van der Waals surface area contributed by atoms with E-state index in [-0.39, 0.29) is 16.4 Å². The van der Waals surface area contributed by atoms with Crippen LogP contribution in [0.4, 0.5) is 0 Å². The van der Waals surface area contributed by atoms with Crippen LogP contribution in [0.5, 0.6) is 0 Å². The van der Waals surface area contributed by atoms with Crippen LogP contribution < -0.4 is 5.73 Å². The highest BCUT2D eigenvalue weighted by Crippen LogP contribution is 2.18. The molecule has 0 amide bonds. The number of rotatable bonds is 5. The van der Waals surface area contributed by atoms with Crippen LogP contribution in [0.3, 0.4) is 0 Å². The van der Waals surface area contributed by atoms with Crippen LogP contribution in [0, 0.1) is 13.8 Å². The highest BCUT2D eigenvalue weighted by atomic mass is 32.2. The Morgan fingerprint density at radius 3 is 2.39 bits per heavy atom. The summed E-state index contributed by atoms with van der Waals surface area (Å²) in [5.41, 5.74) is 7.43. The van der Waals surface area contributed by atoms with Crippen molar-refractivity contribution in [3.05, 3.63) is 29.3 Å². The van der Waals surface area contributed by atoms with Gasteiger partial charge in [0.2, 0.25) is 10.0 Å². The molecular weight excluding hydrogens is 268 g/mol. The molecule has 18 heavy (non-hydrogen) atoms. The summed E-state index contributed by atoms with van der Waals surface area (Å²) >= 11 is 4.78. The number of nitrogens with two attached hydrogens (primary N) is 1. The van der Waals surface area contributed by atoms with Gasteiger partial charge in [0.15, 0.2) is 0 Å². The van der Waals surface area contributed by atoms with Gasteiger partial charge in [0, 0.05) is 6.54 Å². The summed E-state index contributed by atoms with van der Waals surface area (Å²) in [6, 6.07) is 5.09. The van der Waals surface area contributed by atoms with Crippen molar-refractivity contribution in [1.29, 1.82) is 0 Å². The molecule has 0 saturated heterocycles. The van der Waals surface area contributed by atoms with Gasteiger partial charge in [-0.05, 0) is 37.1 Å². The minimum atomic E-state index is -3.52. The van der Waals surface area contributed by atoms with Crippen LogP contribution >= 0.6 is 12.2 Å². The molecule has 0 bridgehead atoms. The number of hydrogen-bond acceptors (Lipinski definition) is 3. The van der Waals surface area contributed by atoms with E-state index in [0.29, 0.717) is 6.54 Å². The largest absolute Gasteiger partial charge is 0.392 e. The lowest BCUT2D eigenvalue weighted by molar-refractivity contribution is 0.468. The molecule has 1 rings (SSSR count). The molecule has 2 N–H and O–H groups in total. The summed E-state index contributed by atoms with van der Waals surface area (Å²) in [5, 5.41) is 0. The van der Waals surface area contributed by atoms with E-state index in [9.17, 15) is 8.42 Å². The summed E-state index contributed by atoms with van der Waals surface area (Å²) in [6.07, 6.45) is 0. The van der Waals surface area contributed by atoms with E-state index in [2.05, 4.69) is 0 Å². The molecule has 1 aromatic rings. The van der Waals surface area contributed by atoms with E-state index in [1.165, 1.54) is 4.31 Å². The smallest absolute Gasteiger partial charge is 0.243 e. The molecular formula is C12H18N2O2S2. The van der Waals surface area contributed by atoms with E-state index < -0.39 is 10.0 Å². The first-order valence-electron chi connectivity index (χ1n) is 5.64. The Morgan fingerprint density at radius 1 is 1.33 bits per heavy atom. The Balaban J connectivity index is 3.18. The first-order chi connectivity index (χ1) is 8.28. The first kappa shape index (κ1) is 15.1. The van der Waals surface area contributed by atoms with Gasteiger partial charge >= 0.3 is 0 Å². The molecule has 0 atom stereocenters. The van der Waals surface area contributed by atoms with E-state index in [4.69, 9.17) is 18.0 Å². The molecule has 0 aromatic heterocycles. The highest BCUT2D eigenvalue weighted by molar-refractivity contribution is 7.89. The van der Waals surface area contributed by atoms with Crippen molar-refractivity contribution >= 4 is 27.2 Å². The Hall–Kier alpha value is -0.980. The normalized spacial score (nSPS) is 11.8. The summed E-state index contributed by atoms with van der Waals surface area (Å²) in [6.45, 7) is 6.00. The van der Waals surface area contributed by atoms with Crippen molar-refractivity contribution in [1.82, 2.24) is 4.31 Å². The van der Waals surface area contributed by atoms with Gasteiger partial charge in [0.25, 0.3) is 0 Å². The third kappa shape index (κ3) is 3.28. The molecule has 0 radical (unpaired) electrons. The van der Waals surface area contributed by atoms with Gasteiger partial charge < -0.3 is 5.73 Å². The number of hydrogen-bond donors (Lipinski definition) is 1. The van der Waals surface area contributed by atoms with Crippen molar-refractivity contribution in [2.75, 3.05) is 13.1 Å². The molecule has 4 nitrogen and oxygen atoms in total. The standard InChI is InChI=1S/C12H18N2O2S2/c1-4-14(8-12(13)17)18(15,16)11-6-5-9(2)10(3)7-11/h5-7H,4,8H2,1-3H3,(H2,13,17). The van der Waals surface area contributed by atoms with Crippen LogP contribution in [-0.4, -0.2) is 30.8 Å². The second-order valence-electron chi connectivity index (χ2n) is 4.14. The third-order valence-electron chi connectivity index (χ3n) is 2.80. The van der Waals surface area contributed by atoms with Gasteiger partial charge in [0.05, 0.1) is 16.4 Å². The zero-order valence-electron chi connectivity index (χ0n) is 10.8. The van der Waals surface area contributed by atoms with E-state index >= 15 is 0 Å². The summed E-state index contributed by atoms with van der Waals surface area (Å²) in [7, 11) is -3.52. The first-order valence-corrected chi connectivity index (χ1v) is 7.49. The van der Waals surface area contributed by atoms with Crippen molar-refractivity contribution in [3.63, 3.8) is 0 Å². The fourth-order valence-electron chi connectivity index (χ4n) is 1.56. The quantitative estimate of drug-likeness (QED) is 0.835. The van der Waals surface area contributed by atoms with Crippen molar-refractivity contribution in [3.8, 4) is 0 Å². The van der Waals surface area contributed by atoms with Crippen molar-refractivity contribution in [2.24, 2.45) is 5.73 Å². The fourth-order valence-corrected chi connectivity index (χ4v) is 3.31. The van der Waals surface area contributed by atoms with E-state index in [1.807, 2.05) is 13.8 Å². The highest BCUT2D eigenvalue weighted by Gasteiger charge is 2.23. The number of thiocarbonyl (C=S) groups is 1. The molecule has 6 heteroatoms. The summed E-state index contributed by atoms with van der Waals surface area (Å²) < 4.78 is 26.0. The molecule has 0 aliphatic carbocycles. The molecule has 0 saturated carbocycles. The van der Waals surface area contributed by atoms with Gasteiger partial charge in [0.1, 0.15) is 0 Å². The van der Waals surface area contributed by atoms with E-state index in [1.54, 1.807) is 25.1 Å². The molecule has 0 aliphatic rings. The van der Waals surface area contributed by atoms with Gasteiger partial charge in [-0.3, -0.25) is 0 Å². The van der Waals surface area contributed by atoms with Crippen LogP contribution in [0.2, 0.25) is 0 Å². The van der Waals surface area contributed by atoms with Gasteiger partial charge in [-0.1, -0.05) is 25.2 Å². The molecule has 0 spiro atoms. The molecule has 0 unspecified atom stereocenters.